The van der Waals surface area contributed by atoms with Crippen LogP contribution in [0.25, 0.3) is 6.08 Å². The Morgan fingerprint density at radius 1 is 1.48 bits per heavy atom. The molecule has 1 amide bonds. The van der Waals surface area contributed by atoms with Crippen molar-refractivity contribution in [3.8, 4) is 17.6 Å². The molecule has 7 nitrogen and oxygen atoms in total. The Morgan fingerprint density at radius 3 is 2.68 bits per heavy atom. The van der Waals surface area contributed by atoms with E-state index in [2.05, 4.69) is 5.32 Å². The van der Waals surface area contributed by atoms with Crippen molar-refractivity contribution in [2.75, 3.05) is 13.7 Å². The van der Waals surface area contributed by atoms with E-state index in [1.807, 2.05) is 42.5 Å². The zero-order valence-electron chi connectivity index (χ0n) is 14.1. The van der Waals surface area contributed by atoms with Gasteiger partial charge >= 0.3 is 5.97 Å². The lowest BCUT2D eigenvalue weighted by Crippen LogP contribution is -2.32. The van der Waals surface area contributed by atoms with Crippen molar-refractivity contribution in [1.82, 2.24) is 5.32 Å². The number of aliphatic carboxylic acids is 1. The summed E-state index contributed by atoms with van der Waals surface area (Å²) in [5.74, 6) is -0.934. The zero-order valence-corrected chi connectivity index (χ0v) is 16.3. The first-order chi connectivity index (χ1) is 11.8. The summed E-state index contributed by atoms with van der Waals surface area (Å²) in [6, 6.07) is 5.10. The number of methoxy groups -OCH3 is 1. The van der Waals surface area contributed by atoms with Gasteiger partial charge < -0.3 is 19.9 Å². The van der Waals surface area contributed by atoms with E-state index in [4.69, 9.17) is 14.6 Å². The van der Waals surface area contributed by atoms with Crippen molar-refractivity contribution in [2.24, 2.45) is 0 Å². The minimum absolute atomic E-state index is 0.0302. The number of benzene rings is 1. The Bertz CT molecular complexity index is 724. The van der Waals surface area contributed by atoms with Crippen LogP contribution in [0.5, 0.6) is 11.5 Å². The fourth-order valence-electron chi connectivity index (χ4n) is 1.82. The second kappa shape index (κ2) is 9.88. The molecule has 0 heterocycles. The van der Waals surface area contributed by atoms with Crippen molar-refractivity contribution >= 4 is 40.5 Å². The topological polar surface area (TPSA) is 109 Å². The summed E-state index contributed by atoms with van der Waals surface area (Å²) in [6.07, 6.45) is 2.20. The number of carbonyl (C=O) groups excluding carboxylic acids is 1. The number of carbonyl (C=O) groups is 2. The molecule has 0 aliphatic rings. The van der Waals surface area contributed by atoms with E-state index in [0.29, 0.717) is 20.6 Å². The molecule has 0 aromatic heterocycles. The molecule has 0 fully saturated rings. The summed E-state index contributed by atoms with van der Waals surface area (Å²) in [6.45, 7) is 3.29. The van der Waals surface area contributed by atoms with Gasteiger partial charge in [0.2, 0.25) is 0 Å². The average molecular weight is 458 g/mol. The van der Waals surface area contributed by atoms with Gasteiger partial charge in [0, 0.05) is 6.04 Å². The molecule has 0 aliphatic carbocycles. The lowest BCUT2D eigenvalue weighted by atomic mass is 10.1. The van der Waals surface area contributed by atoms with Crippen molar-refractivity contribution < 1.29 is 24.2 Å². The van der Waals surface area contributed by atoms with Gasteiger partial charge in [0.25, 0.3) is 5.91 Å². The molecule has 2 N–H and O–H groups in total. The van der Waals surface area contributed by atoms with Gasteiger partial charge in [-0.15, -0.1) is 0 Å². The Labute approximate surface area is 159 Å². The largest absolute Gasteiger partial charge is 0.493 e. The van der Waals surface area contributed by atoms with Crippen LogP contribution in [0.1, 0.15) is 25.8 Å². The first-order valence-corrected chi connectivity index (χ1v) is 8.55. The smallest absolute Gasteiger partial charge is 0.341 e. The van der Waals surface area contributed by atoms with E-state index in [-0.39, 0.29) is 11.6 Å². The molecule has 134 valence electrons. The maximum absolute atomic E-state index is 12.1. The fourth-order valence-corrected chi connectivity index (χ4v) is 2.60. The highest BCUT2D eigenvalue weighted by Crippen LogP contribution is 2.34. The number of nitriles is 1. The van der Waals surface area contributed by atoms with Crippen LogP contribution < -0.4 is 14.8 Å². The highest BCUT2D eigenvalue weighted by atomic mass is 127. The van der Waals surface area contributed by atoms with Crippen molar-refractivity contribution in [1.29, 1.82) is 5.26 Å². The van der Waals surface area contributed by atoms with Gasteiger partial charge in [0.1, 0.15) is 11.6 Å². The van der Waals surface area contributed by atoms with Crippen LogP contribution in [0.15, 0.2) is 17.7 Å². The number of hydrogen-bond donors (Lipinski definition) is 2. The maximum atomic E-state index is 12.1. The molecule has 1 rings (SSSR count). The summed E-state index contributed by atoms with van der Waals surface area (Å²) in [7, 11) is 1.42. The third-order valence-electron chi connectivity index (χ3n) is 3.26. The molecule has 0 saturated heterocycles. The number of rotatable bonds is 8. The van der Waals surface area contributed by atoms with E-state index in [0.717, 1.165) is 6.42 Å². The normalized spacial score (nSPS) is 12.0. The Kier molecular flexibility index (Phi) is 8.21. The van der Waals surface area contributed by atoms with Gasteiger partial charge in [-0.3, -0.25) is 4.79 Å². The highest BCUT2D eigenvalue weighted by molar-refractivity contribution is 14.1. The molecule has 8 heteroatoms. The van der Waals surface area contributed by atoms with Crippen LogP contribution in [0.2, 0.25) is 0 Å². The Hall–Kier alpha value is -2.28. The van der Waals surface area contributed by atoms with Crippen LogP contribution >= 0.6 is 22.6 Å². The second-order valence-corrected chi connectivity index (χ2v) is 6.33. The van der Waals surface area contributed by atoms with E-state index in [1.54, 1.807) is 12.1 Å². The molecule has 0 unspecified atom stereocenters. The summed E-state index contributed by atoms with van der Waals surface area (Å²) >= 11 is 1.97. The number of carboxylic acids is 1. The van der Waals surface area contributed by atoms with E-state index >= 15 is 0 Å². The molecular weight excluding hydrogens is 439 g/mol. The lowest BCUT2D eigenvalue weighted by molar-refractivity contribution is -0.139. The number of nitrogens with one attached hydrogen (secondary N) is 1. The predicted molar refractivity (Wildman–Crippen MR) is 100 cm³/mol. The molecule has 1 aromatic rings. The molecule has 0 bridgehead atoms. The number of halogens is 1. The number of nitrogens with zero attached hydrogens (tertiary/aromatic N) is 1. The molecule has 25 heavy (non-hydrogen) atoms. The molecule has 0 aliphatic heterocycles. The SMILES string of the molecule is CC[C@H](C)NC(=O)/C(C#N)=C/c1cc(I)c(OCC(=O)O)c(OC)c1. The number of amides is 1. The van der Waals surface area contributed by atoms with Crippen LogP contribution in [0.4, 0.5) is 0 Å². The first kappa shape index (κ1) is 20.8. The van der Waals surface area contributed by atoms with Crippen LogP contribution in [0.3, 0.4) is 0 Å². The summed E-state index contributed by atoms with van der Waals surface area (Å²) < 4.78 is 11.0. The summed E-state index contributed by atoms with van der Waals surface area (Å²) in [5.41, 5.74) is 0.539. The molecule has 1 aromatic carbocycles. The van der Waals surface area contributed by atoms with Gasteiger partial charge in [0.15, 0.2) is 18.1 Å². The quantitative estimate of drug-likeness (QED) is 0.352. The predicted octanol–water partition coefficient (Wildman–Crippen LogP) is 2.58. The Morgan fingerprint density at radius 2 is 2.16 bits per heavy atom. The standard InChI is InChI=1S/C17H19IN2O5/c1-4-10(2)20-17(23)12(8-19)5-11-6-13(18)16(14(7-11)24-3)25-9-15(21)22/h5-7,10H,4,9H2,1-3H3,(H,20,23)(H,21,22)/b12-5+/t10-/m0/s1. The summed E-state index contributed by atoms with van der Waals surface area (Å²) in [5, 5.41) is 20.7. The van der Waals surface area contributed by atoms with E-state index in [1.165, 1.54) is 13.2 Å². The maximum Gasteiger partial charge on any atom is 0.341 e. The first-order valence-electron chi connectivity index (χ1n) is 7.47. The van der Waals surface area contributed by atoms with Crippen molar-refractivity contribution in [3.63, 3.8) is 0 Å². The minimum atomic E-state index is -1.10. The molecule has 1 atom stereocenters. The van der Waals surface area contributed by atoms with Crippen molar-refractivity contribution in [2.45, 2.75) is 26.3 Å². The van der Waals surface area contributed by atoms with Gasteiger partial charge in [0.05, 0.1) is 10.7 Å². The van der Waals surface area contributed by atoms with Gasteiger partial charge in [-0.2, -0.15) is 5.26 Å². The molecule has 0 spiro atoms. The van der Waals surface area contributed by atoms with Crippen LogP contribution in [-0.4, -0.2) is 36.7 Å². The van der Waals surface area contributed by atoms with Gasteiger partial charge in [-0.05, 0) is 59.7 Å². The fraction of sp³-hybridized carbons (Fsp3) is 0.353. The van der Waals surface area contributed by atoms with E-state index in [9.17, 15) is 14.9 Å². The Balaban J connectivity index is 3.16. The molecule has 0 saturated carbocycles. The number of carboxylic acid groups (broad SMARTS) is 1. The lowest BCUT2D eigenvalue weighted by Gasteiger charge is -2.13. The third-order valence-corrected chi connectivity index (χ3v) is 4.06. The molecular formula is C17H19IN2O5. The molecule has 0 radical (unpaired) electrons. The highest BCUT2D eigenvalue weighted by Gasteiger charge is 2.15. The summed E-state index contributed by atoms with van der Waals surface area (Å²) in [4.78, 5) is 22.8. The van der Waals surface area contributed by atoms with Crippen molar-refractivity contribution in [3.05, 3.63) is 26.8 Å². The third kappa shape index (κ3) is 6.26. The van der Waals surface area contributed by atoms with Crippen LogP contribution in [0, 0.1) is 14.9 Å². The van der Waals surface area contributed by atoms with Crippen LogP contribution in [-0.2, 0) is 9.59 Å². The number of ether oxygens (including phenoxy) is 2. The van der Waals surface area contributed by atoms with E-state index < -0.39 is 18.5 Å². The zero-order chi connectivity index (χ0) is 19.0. The number of hydrogen-bond acceptors (Lipinski definition) is 5. The minimum Gasteiger partial charge on any atom is -0.493 e. The van der Waals surface area contributed by atoms with Gasteiger partial charge in [-0.25, -0.2) is 4.79 Å². The second-order valence-electron chi connectivity index (χ2n) is 5.17. The monoisotopic (exact) mass is 458 g/mol. The van der Waals surface area contributed by atoms with Gasteiger partial charge in [-0.1, -0.05) is 6.92 Å². The average Bonchev–Trinajstić information content (AvgIpc) is 2.57.